The van der Waals surface area contributed by atoms with E-state index in [4.69, 9.17) is 9.47 Å². The van der Waals surface area contributed by atoms with Gasteiger partial charge >= 0.3 is 213 Å². The Bertz CT molecular complexity index is 1030. The van der Waals surface area contributed by atoms with E-state index in [9.17, 15) is 0 Å². The third kappa shape index (κ3) is 8.00. The molecule has 2 aromatic heterocycles. The molecule has 0 bridgehead atoms. The molecule has 0 saturated heterocycles. The van der Waals surface area contributed by atoms with Gasteiger partial charge in [-0.25, -0.2) is 0 Å². The van der Waals surface area contributed by atoms with Crippen LogP contribution in [0.1, 0.15) is 69.1 Å². The molecule has 0 fully saturated rings. The summed E-state index contributed by atoms with van der Waals surface area (Å²) < 4.78 is 17.3. The third-order valence-electron chi connectivity index (χ3n) is 6.33. The molecular formula is C30H44O2S2Sn. The van der Waals surface area contributed by atoms with E-state index in [1.54, 1.807) is 2.89 Å². The molecule has 3 rings (SSSR count). The number of aryl methyl sites for hydroxylation is 1. The van der Waals surface area contributed by atoms with Gasteiger partial charge in [0.15, 0.2) is 0 Å². The van der Waals surface area contributed by atoms with Crippen molar-refractivity contribution in [2.24, 2.45) is 0 Å². The number of unbranched alkanes of at least 4 members (excludes halogenated alkanes) is 8. The predicted molar refractivity (Wildman–Crippen MR) is 162 cm³/mol. The van der Waals surface area contributed by atoms with Crippen LogP contribution >= 0.6 is 22.7 Å². The average molecular weight is 620 g/mol. The van der Waals surface area contributed by atoms with E-state index in [0.29, 0.717) is 0 Å². The van der Waals surface area contributed by atoms with Crippen LogP contribution in [0.3, 0.4) is 0 Å². The summed E-state index contributed by atoms with van der Waals surface area (Å²) in [5.74, 6) is 2.18. The van der Waals surface area contributed by atoms with Crippen molar-refractivity contribution >= 4 is 64.1 Å². The van der Waals surface area contributed by atoms with Crippen molar-refractivity contribution in [1.29, 1.82) is 0 Å². The fraction of sp³-hybridized carbons (Fsp3) is 0.533. The van der Waals surface area contributed by atoms with Gasteiger partial charge in [-0.3, -0.25) is 0 Å². The van der Waals surface area contributed by atoms with Gasteiger partial charge < -0.3 is 0 Å². The Morgan fingerprint density at radius 1 is 0.714 bits per heavy atom. The molecule has 0 aliphatic heterocycles. The third-order valence-corrected chi connectivity index (χ3v) is 17.9. The molecule has 5 heteroatoms. The van der Waals surface area contributed by atoms with Crippen molar-refractivity contribution in [3.05, 3.63) is 42.3 Å². The van der Waals surface area contributed by atoms with Crippen molar-refractivity contribution < 1.29 is 9.47 Å². The van der Waals surface area contributed by atoms with Gasteiger partial charge in [0, 0.05) is 0 Å². The van der Waals surface area contributed by atoms with Crippen molar-refractivity contribution in [3.63, 3.8) is 0 Å². The first-order valence-electron chi connectivity index (χ1n) is 13.3. The summed E-state index contributed by atoms with van der Waals surface area (Å²) >= 11 is 1.58. The molecule has 35 heavy (non-hydrogen) atoms. The molecule has 0 aliphatic rings. The molecule has 0 N–H and O–H groups in total. The molecule has 3 aromatic rings. The van der Waals surface area contributed by atoms with Crippen molar-refractivity contribution in [1.82, 2.24) is 0 Å². The SMILES string of the molecule is C=CCCCCCCOc1c2c[c]([Sn]([CH3])([CH3])[CH3])sc2c(OCCCCCCC=C)c2cc(C)sc12. The van der Waals surface area contributed by atoms with Gasteiger partial charge in [-0.05, 0) is 0 Å². The monoisotopic (exact) mass is 620 g/mol. The van der Waals surface area contributed by atoms with Crippen molar-refractivity contribution in [3.8, 4) is 11.5 Å². The van der Waals surface area contributed by atoms with Crippen LogP contribution in [-0.2, 0) is 0 Å². The van der Waals surface area contributed by atoms with Crippen molar-refractivity contribution in [2.45, 2.75) is 86.0 Å². The molecule has 0 saturated carbocycles. The Kier molecular flexibility index (Phi) is 11.5. The van der Waals surface area contributed by atoms with Gasteiger partial charge in [0.2, 0.25) is 0 Å². The first-order valence-corrected chi connectivity index (χ1v) is 25.0. The predicted octanol–water partition coefficient (Wildman–Crippen LogP) is 10.0. The summed E-state index contributed by atoms with van der Waals surface area (Å²) in [6.07, 6.45) is 15.9. The molecular weight excluding hydrogens is 575 g/mol. The molecule has 2 nitrogen and oxygen atoms in total. The number of rotatable bonds is 17. The fourth-order valence-electron chi connectivity index (χ4n) is 4.32. The second kappa shape index (κ2) is 14.1. The van der Waals surface area contributed by atoms with Gasteiger partial charge in [-0.1, -0.05) is 0 Å². The van der Waals surface area contributed by atoms with E-state index in [1.807, 2.05) is 34.8 Å². The zero-order valence-electron chi connectivity index (χ0n) is 22.3. The van der Waals surface area contributed by atoms with Crippen LogP contribution in [0.25, 0.3) is 20.2 Å². The number of allylic oxidation sites excluding steroid dienone is 2. The molecule has 0 aliphatic carbocycles. The summed E-state index contributed by atoms with van der Waals surface area (Å²) in [6, 6.07) is 4.76. The normalized spacial score (nSPS) is 11.9. The number of thiophene rings is 2. The number of hydrogen-bond donors (Lipinski definition) is 0. The van der Waals surface area contributed by atoms with E-state index >= 15 is 0 Å². The summed E-state index contributed by atoms with van der Waals surface area (Å²) in [7, 11) is 0. The molecule has 2 heterocycles. The standard InChI is InChI=1S/C27H35O2S2.3CH3.Sn/c1-4-6-8-10-12-14-17-28-24-22-16-19-30-26(22)25(23-20-21(3)31-27(23)24)29-18-15-13-11-9-7-5-2;;;;/h4-5,16,20H,1-2,6-15,17-18H2,3H3;3*1H3;. The molecule has 1 aromatic carbocycles. The molecule has 0 amide bonds. The Labute approximate surface area is 225 Å². The maximum atomic E-state index is 6.57. The van der Waals surface area contributed by atoms with Gasteiger partial charge in [-0.15, -0.1) is 13.2 Å². The fourth-order valence-corrected chi connectivity index (χ4v) is 11.7. The molecule has 0 spiro atoms. The minimum atomic E-state index is -2.24. The van der Waals surface area contributed by atoms with Crippen LogP contribution in [0.2, 0.25) is 14.8 Å². The summed E-state index contributed by atoms with van der Waals surface area (Å²) in [5, 5.41) is 2.52. The quantitative estimate of drug-likeness (QED) is 0.0851. The molecule has 0 radical (unpaired) electrons. The van der Waals surface area contributed by atoms with Gasteiger partial charge in [0.05, 0.1) is 0 Å². The Hall–Kier alpha value is -0.981. The zero-order valence-corrected chi connectivity index (χ0v) is 26.8. The first-order chi connectivity index (χ1) is 16.9. The second-order valence-corrected chi connectivity index (χ2v) is 28.3. The van der Waals surface area contributed by atoms with Gasteiger partial charge in [0.1, 0.15) is 0 Å². The van der Waals surface area contributed by atoms with E-state index in [1.165, 1.54) is 63.6 Å². The topological polar surface area (TPSA) is 18.5 Å². The van der Waals surface area contributed by atoms with E-state index < -0.39 is 18.4 Å². The summed E-state index contributed by atoms with van der Waals surface area (Å²) in [6.45, 7) is 11.4. The van der Waals surface area contributed by atoms with Crippen LogP contribution in [-0.4, -0.2) is 31.6 Å². The van der Waals surface area contributed by atoms with Crippen LogP contribution in [0.15, 0.2) is 37.4 Å². The second-order valence-electron chi connectivity index (χ2n) is 10.5. The molecule has 0 unspecified atom stereocenters. The minimum absolute atomic E-state index is 0.782. The Morgan fingerprint density at radius 3 is 1.71 bits per heavy atom. The Morgan fingerprint density at radius 2 is 1.20 bits per heavy atom. The maximum absolute atomic E-state index is 6.57. The Balaban J connectivity index is 1.85. The van der Waals surface area contributed by atoms with E-state index in [-0.39, 0.29) is 0 Å². The molecule has 0 atom stereocenters. The number of ether oxygens (including phenoxy) is 2. The van der Waals surface area contributed by atoms with Crippen LogP contribution in [0.4, 0.5) is 0 Å². The molecule has 192 valence electrons. The van der Waals surface area contributed by atoms with Crippen LogP contribution in [0, 0.1) is 6.92 Å². The number of fused-ring (bicyclic) bond motifs is 2. The van der Waals surface area contributed by atoms with Gasteiger partial charge in [0.25, 0.3) is 0 Å². The average Bonchev–Trinajstić information content (AvgIpc) is 3.42. The first kappa shape index (κ1) is 28.6. The summed E-state index contributed by atoms with van der Waals surface area (Å²) in [5.41, 5.74) is 0. The van der Waals surface area contributed by atoms with Gasteiger partial charge in [-0.2, -0.15) is 0 Å². The van der Waals surface area contributed by atoms with Crippen molar-refractivity contribution in [2.75, 3.05) is 13.2 Å². The number of benzene rings is 1. The summed E-state index contributed by atoms with van der Waals surface area (Å²) in [4.78, 5) is 8.81. The number of hydrogen-bond acceptors (Lipinski definition) is 4. The van der Waals surface area contributed by atoms with E-state index in [0.717, 1.165) is 50.4 Å². The van der Waals surface area contributed by atoms with Crippen LogP contribution < -0.4 is 12.4 Å². The van der Waals surface area contributed by atoms with E-state index in [2.05, 4.69) is 47.0 Å². The van der Waals surface area contributed by atoms with Crippen LogP contribution in [0.5, 0.6) is 11.5 Å². The zero-order chi connectivity index (χ0) is 25.3.